The number of hydrogen-bond acceptors (Lipinski definition) is 4. The van der Waals surface area contributed by atoms with Gasteiger partial charge in [-0.3, -0.25) is 13.9 Å². The topological polar surface area (TPSA) is 86.8 Å². The SMILES string of the molecule is CCCCNC(=O)C(C)N(Cc1ccc(Cl)c(Cl)c1)C(=O)CN(c1ccc(C)cc1C)S(=O)(=O)c1ccccc1. The van der Waals surface area contributed by atoms with Crippen molar-refractivity contribution in [1.29, 1.82) is 0 Å². The number of nitrogens with zero attached hydrogens (tertiary/aromatic N) is 2. The second kappa shape index (κ2) is 14.0. The van der Waals surface area contributed by atoms with E-state index in [1.165, 1.54) is 17.0 Å². The molecule has 214 valence electrons. The highest BCUT2D eigenvalue weighted by Crippen LogP contribution is 2.29. The molecule has 0 saturated heterocycles. The lowest BCUT2D eigenvalue weighted by Crippen LogP contribution is -2.51. The molecule has 0 aliphatic rings. The molecule has 0 aliphatic heterocycles. The van der Waals surface area contributed by atoms with Crippen LogP contribution in [0.25, 0.3) is 0 Å². The average Bonchev–Trinajstić information content (AvgIpc) is 2.92. The highest BCUT2D eigenvalue weighted by atomic mass is 35.5. The van der Waals surface area contributed by atoms with Gasteiger partial charge in [0.2, 0.25) is 11.8 Å². The van der Waals surface area contributed by atoms with E-state index in [1.807, 2.05) is 19.9 Å². The van der Waals surface area contributed by atoms with Gasteiger partial charge < -0.3 is 10.2 Å². The number of anilines is 1. The fourth-order valence-corrected chi connectivity index (χ4v) is 6.09. The Labute approximate surface area is 247 Å². The predicted octanol–water partition coefficient (Wildman–Crippen LogP) is 6.14. The number of unbranched alkanes of at least 4 members (excludes halogenated alkanes) is 1. The van der Waals surface area contributed by atoms with Gasteiger partial charge in [-0.15, -0.1) is 0 Å². The molecule has 0 aliphatic carbocycles. The van der Waals surface area contributed by atoms with E-state index < -0.39 is 28.5 Å². The number of benzene rings is 3. The summed E-state index contributed by atoms with van der Waals surface area (Å²) < 4.78 is 28.9. The van der Waals surface area contributed by atoms with Gasteiger partial charge in [0.05, 0.1) is 20.6 Å². The van der Waals surface area contributed by atoms with Crippen LogP contribution in [0.2, 0.25) is 10.0 Å². The molecular formula is C30H35Cl2N3O4S. The van der Waals surface area contributed by atoms with Crippen LogP contribution in [-0.4, -0.2) is 44.3 Å². The number of halogens is 2. The highest BCUT2D eigenvalue weighted by molar-refractivity contribution is 7.92. The van der Waals surface area contributed by atoms with E-state index in [0.717, 1.165) is 22.7 Å². The van der Waals surface area contributed by atoms with Crippen molar-refractivity contribution in [3.05, 3.63) is 93.5 Å². The molecule has 1 N–H and O–H groups in total. The fourth-order valence-electron chi connectivity index (χ4n) is 4.27. The smallest absolute Gasteiger partial charge is 0.264 e. The van der Waals surface area contributed by atoms with Gasteiger partial charge in [0.15, 0.2) is 0 Å². The van der Waals surface area contributed by atoms with Crippen molar-refractivity contribution >= 4 is 50.7 Å². The molecule has 2 amide bonds. The zero-order valence-electron chi connectivity index (χ0n) is 23.2. The Morgan fingerprint density at radius 3 is 2.27 bits per heavy atom. The first-order valence-electron chi connectivity index (χ1n) is 13.1. The van der Waals surface area contributed by atoms with Gasteiger partial charge in [-0.1, -0.05) is 78.5 Å². The maximum absolute atomic E-state index is 14.0. The molecule has 3 aromatic carbocycles. The van der Waals surface area contributed by atoms with Crippen molar-refractivity contribution in [2.45, 2.75) is 58.0 Å². The average molecular weight is 605 g/mol. The Morgan fingerprint density at radius 2 is 1.65 bits per heavy atom. The minimum absolute atomic E-state index is 0.0319. The zero-order valence-corrected chi connectivity index (χ0v) is 25.5. The summed E-state index contributed by atoms with van der Waals surface area (Å²) in [6.07, 6.45) is 1.71. The van der Waals surface area contributed by atoms with Crippen LogP contribution in [0, 0.1) is 13.8 Å². The molecule has 3 rings (SSSR count). The predicted molar refractivity (Wildman–Crippen MR) is 161 cm³/mol. The summed E-state index contributed by atoms with van der Waals surface area (Å²) >= 11 is 12.3. The third kappa shape index (κ3) is 7.77. The van der Waals surface area contributed by atoms with Crippen molar-refractivity contribution < 1.29 is 18.0 Å². The summed E-state index contributed by atoms with van der Waals surface area (Å²) in [5, 5.41) is 3.55. The van der Waals surface area contributed by atoms with Crippen LogP contribution in [0.15, 0.2) is 71.6 Å². The molecule has 3 aromatic rings. The molecule has 40 heavy (non-hydrogen) atoms. The second-order valence-corrected chi connectivity index (χ2v) is 12.4. The molecule has 7 nitrogen and oxygen atoms in total. The Bertz CT molecular complexity index is 1450. The first kappa shape index (κ1) is 31.5. The van der Waals surface area contributed by atoms with E-state index >= 15 is 0 Å². The van der Waals surface area contributed by atoms with E-state index in [1.54, 1.807) is 62.4 Å². The second-order valence-electron chi connectivity index (χ2n) is 9.71. The molecule has 0 spiro atoms. The van der Waals surface area contributed by atoms with Gasteiger partial charge in [-0.2, -0.15) is 0 Å². The monoisotopic (exact) mass is 603 g/mol. The van der Waals surface area contributed by atoms with Crippen LogP contribution < -0.4 is 9.62 Å². The van der Waals surface area contributed by atoms with Crippen LogP contribution in [0.1, 0.15) is 43.4 Å². The summed E-state index contributed by atoms with van der Waals surface area (Å²) in [5.41, 5.74) is 2.70. The first-order valence-corrected chi connectivity index (χ1v) is 15.3. The quantitative estimate of drug-likeness (QED) is 0.252. The van der Waals surface area contributed by atoms with E-state index in [9.17, 15) is 18.0 Å². The van der Waals surface area contributed by atoms with Gasteiger partial charge in [0.25, 0.3) is 10.0 Å². The standard InChI is InChI=1S/C30H35Cl2N3O4S/c1-5-6-16-33-30(37)23(4)34(19-24-13-14-26(31)27(32)18-24)29(36)20-35(28-15-12-21(2)17-22(28)3)40(38,39)25-10-8-7-9-11-25/h7-15,17-18,23H,5-6,16,19-20H2,1-4H3,(H,33,37). The fraction of sp³-hybridized carbons (Fsp3) is 0.333. The lowest BCUT2D eigenvalue weighted by molar-refractivity contribution is -0.139. The van der Waals surface area contributed by atoms with Gasteiger partial charge in [0.1, 0.15) is 12.6 Å². The number of carbonyl (C=O) groups excluding carboxylic acids is 2. The number of hydrogen-bond donors (Lipinski definition) is 1. The van der Waals surface area contributed by atoms with Crippen molar-refractivity contribution in [1.82, 2.24) is 10.2 Å². The molecular weight excluding hydrogens is 569 g/mol. The third-order valence-corrected chi connectivity index (χ3v) is 9.08. The largest absolute Gasteiger partial charge is 0.354 e. The molecule has 0 bridgehead atoms. The molecule has 0 saturated carbocycles. The molecule has 0 radical (unpaired) electrons. The summed E-state index contributed by atoms with van der Waals surface area (Å²) in [5.74, 6) is -0.866. The van der Waals surface area contributed by atoms with Crippen LogP contribution in [-0.2, 0) is 26.2 Å². The summed E-state index contributed by atoms with van der Waals surface area (Å²) in [4.78, 5) is 28.5. The van der Waals surface area contributed by atoms with Gasteiger partial charge in [-0.05, 0) is 68.7 Å². The van der Waals surface area contributed by atoms with E-state index in [-0.39, 0.29) is 17.3 Å². The van der Waals surface area contributed by atoms with Crippen LogP contribution in [0.5, 0.6) is 0 Å². The minimum atomic E-state index is -4.12. The van der Waals surface area contributed by atoms with Crippen LogP contribution in [0.3, 0.4) is 0 Å². The Kier molecular flexibility index (Phi) is 11.0. The maximum atomic E-state index is 14.0. The summed E-state index contributed by atoms with van der Waals surface area (Å²) in [6.45, 7) is 7.37. The number of sulfonamides is 1. The zero-order chi connectivity index (χ0) is 29.4. The highest BCUT2D eigenvalue weighted by Gasteiger charge is 2.33. The number of nitrogens with one attached hydrogen (secondary N) is 1. The number of aryl methyl sites for hydroxylation is 2. The van der Waals surface area contributed by atoms with E-state index in [2.05, 4.69) is 5.32 Å². The van der Waals surface area contributed by atoms with Gasteiger partial charge >= 0.3 is 0 Å². The molecule has 0 fully saturated rings. The van der Waals surface area contributed by atoms with Crippen molar-refractivity contribution in [3.63, 3.8) is 0 Å². The minimum Gasteiger partial charge on any atom is -0.354 e. The molecule has 10 heteroatoms. The Morgan fingerprint density at radius 1 is 0.950 bits per heavy atom. The summed E-state index contributed by atoms with van der Waals surface area (Å²) in [7, 11) is -4.12. The molecule has 1 atom stereocenters. The van der Waals surface area contributed by atoms with Crippen LogP contribution in [0.4, 0.5) is 5.69 Å². The van der Waals surface area contributed by atoms with E-state index in [0.29, 0.717) is 33.4 Å². The van der Waals surface area contributed by atoms with E-state index in [4.69, 9.17) is 23.2 Å². The lowest BCUT2D eigenvalue weighted by Gasteiger charge is -2.32. The first-order chi connectivity index (χ1) is 18.9. The normalized spacial score (nSPS) is 12.1. The summed E-state index contributed by atoms with van der Waals surface area (Å²) in [6, 6.07) is 17.4. The number of rotatable bonds is 12. The number of carbonyl (C=O) groups is 2. The van der Waals surface area contributed by atoms with Crippen molar-refractivity contribution in [3.8, 4) is 0 Å². The molecule has 0 aromatic heterocycles. The third-order valence-electron chi connectivity index (χ3n) is 6.56. The van der Waals surface area contributed by atoms with Crippen LogP contribution >= 0.6 is 23.2 Å². The molecule has 1 unspecified atom stereocenters. The van der Waals surface area contributed by atoms with Crippen molar-refractivity contribution in [2.24, 2.45) is 0 Å². The van der Waals surface area contributed by atoms with Gasteiger partial charge in [0, 0.05) is 13.1 Å². The molecule has 0 heterocycles. The maximum Gasteiger partial charge on any atom is 0.264 e. The lowest BCUT2D eigenvalue weighted by atomic mass is 10.1. The van der Waals surface area contributed by atoms with Gasteiger partial charge in [-0.25, -0.2) is 8.42 Å². The van der Waals surface area contributed by atoms with Crippen molar-refractivity contribution in [2.75, 3.05) is 17.4 Å². The number of amides is 2. The Balaban J connectivity index is 2.03. The Hall–Kier alpha value is -3.07.